The summed E-state index contributed by atoms with van der Waals surface area (Å²) in [6.07, 6.45) is 1.49. The van der Waals surface area contributed by atoms with Crippen LogP contribution in [-0.4, -0.2) is 5.97 Å². The first-order valence-electron chi connectivity index (χ1n) is 6.86. The van der Waals surface area contributed by atoms with Gasteiger partial charge in [-0.2, -0.15) is 0 Å². The highest BCUT2D eigenvalue weighted by molar-refractivity contribution is 5.95. The Labute approximate surface area is 118 Å². The lowest BCUT2D eigenvalue weighted by atomic mass is 9.95. The molecule has 102 valence electrons. The summed E-state index contributed by atoms with van der Waals surface area (Å²) in [5.41, 5.74) is 10.4. The fraction of sp³-hybridized carbons (Fsp3) is 0.235. The molecule has 2 N–H and O–H groups in total. The van der Waals surface area contributed by atoms with Crippen LogP contribution in [-0.2, 0) is 17.6 Å². The van der Waals surface area contributed by atoms with Crippen molar-refractivity contribution in [2.24, 2.45) is 0 Å². The van der Waals surface area contributed by atoms with Gasteiger partial charge in [0.15, 0.2) is 0 Å². The zero-order valence-electron chi connectivity index (χ0n) is 11.4. The van der Waals surface area contributed by atoms with Crippen molar-refractivity contribution in [3.8, 4) is 0 Å². The van der Waals surface area contributed by atoms with Gasteiger partial charge >= 0.3 is 5.97 Å². The SMILES string of the molecule is CCc1ccccc1CC1OC(=O)c2cc(N)ccc21. The number of carbonyl (C=O) groups excluding carboxylic acids is 1. The van der Waals surface area contributed by atoms with Crippen LogP contribution in [0.4, 0.5) is 5.69 Å². The number of fused-ring (bicyclic) bond motifs is 1. The molecular formula is C17H17NO2. The number of nitrogens with two attached hydrogens (primary N) is 1. The largest absolute Gasteiger partial charge is 0.454 e. The highest BCUT2D eigenvalue weighted by Crippen LogP contribution is 2.34. The Bertz CT molecular complexity index is 664. The van der Waals surface area contributed by atoms with Gasteiger partial charge in [-0.3, -0.25) is 0 Å². The highest BCUT2D eigenvalue weighted by Gasteiger charge is 2.31. The van der Waals surface area contributed by atoms with E-state index in [0.717, 1.165) is 12.0 Å². The molecular weight excluding hydrogens is 250 g/mol. The predicted octanol–water partition coefficient (Wildman–Crippen LogP) is 3.29. The molecule has 0 aliphatic carbocycles. The second kappa shape index (κ2) is 5.00. The van der Waals surface area contributed by atoms with Crippen molar-refractivity contribution in [2.45, 2.75) is 25.9 Å². The van der Waals surface area contributed by atoms with E-state index >= 15 is 0 Å². The van der Waals surface area contributed by atoms with Crippen LogP contribution in [0.15, 0.2) is 42.5 Å². The number of aryl methyl sites for hydroxylation is 1. The van der Waals surface area contributed by atoms with E-state index < -0.39 is 0 Å². The minimum atomic E-state index is -0.272. The van der Waals surface area contributed by atoms with Crippen LogP contribution in [0.1, 0.15) is 40.1 Å². The third kappa shape index (κ3) is 2.16. The summed E-state index contributed by atoms with van der Waals surface area (Å²) in [4.78, 5) is 11.9. The molecule has 1 unspecified atom stereocenters. The Kier molecular flexibility index (Phi) is 3.18. The quantitative estimate of drug-likeness (QED) is 0.686. The molecule has 20 heavy (non-hydrogen) atoms. The number of hydrogen-bond acceptors (Lipinski definition) is 3. The molecule has 1 aliphatic heterocycles. The van der Waals surface area contributed by atoms with Crippen molar-refractivity contribution in [1.82, 2.24) is 0 Å². The van der Waals surface area contributed by atoms with E-state index in [2.05, 4.69) is 19.1 Å². The second-order valence-corrected chi connectivity index (χ2v) is 5.07. The summed E-state index contributed by atoms with van der Waals surface area (Å²) in [5, 5.41) is 0. The molecule has 1 heterocycles. The number of esters is 1. The van der Waals surface area contributed by atoms with Crippen molar-refractivity contribution in [3.05, 3.63) is 64.7 Å². The van der Waals surface area contributed by atoms with E-state index in [1.54, 1.807) is 6.07 Å². The fourth-order valence-corrected chi connectivity index (χ4v) is 2.74. The third-order valence-electron chi connectivity index (χ3n) is 3.80. The van der Waals surface area contributed by atoms with Crippen molar-refractivity contribution in [1.29, 1.82) is 0 Å². The number of carbonyl (C=O) groups is 1. The normalized spacial score (nSPS) is 16.9. The van der Waals surface area contributed by atoms with E-state index in [-0.39, 0.29) is 12.1 Å². The first-order valence-corrected chi connectivity index (χ1v) is 6.86. The monoisotopic (exact) mass is 267 g/mol. The number of benzene rings is 2. The van der Waals surface area contributed by atoms with Crippen molar-refractivity contribution in [3.63, 3.8) is 0 Å². The number of nitrogen functional groups attached to an aromatic ring is 1. The van der Waals surface area contributed by atoms with Crippen LogP contribution in [0, 0.1) is 0 Å². The average Bonchev–Trinajstić information content (AvgIpc) is 2.75. The van der Waals surface area contributed by atoms with E-state index in [9.17, 15) is 4.79 Å². The molecule has 0 saturated heterocycles. The molecule has 0 saturated carbocycles. The van der Waals surface area contributed by atoms with Gasteiger partial charge in [0.05, 0.1) is 5.56 Å². The number of ether oxygens (including phenoxy) is 1. The van der Waals surface area contributed by atoms with Gasteiger partial charge in [-0.05, 0) is 29.7 Å². The maximum absolute atomic E-state index is 11.9. The molecule has 0 spiro atoms. The van der Waals surface area contributed by atoms with Gasteiger partial charge < -0.3 is 10.5 Å². The number of cyclic esters (lactones) is 1. The van der Waals surface area contributed by atoms with Gasteiger partial charge in [0.2, 0.25) is 0 Å². The summed E-state index contributed by atoms with van der Waals surface area (Å²) in [5.74, 6) is -0.272. The lowest BCUT2D eigenvalue weighted by molar-refractivity contribution is 0.0386. The van der Waals surface area contributed by atoms with Gasteiger partial charge in [-0.25, -0.2) is 4.79 Å². The smallest absolute Gasteiger partial charge is 0.339 e. The standard InChI is InChI=1S/C17H17NO2/c1-2-11-5-3-4-6-12(11)9-16-14-8-7-13(18)10-15(14)17(19)20-16/h3-8,10,16H,2,9,18H2,1H3. The average molecular weight is 267 g/mol. The highest BCUT2D eigenvalue weighted by atomic mass is 16.5. The summed E-state index contributed by atoms with van der Waals surface area (Å²) in [6, 6.07) is 13.7. The summed E-state index contributed by atoms with van der Waals surface area (Å²) >= 11 is 0. The van der Waals surface area contributed by atoms with Crippen molar-refractivity contribution >= 4 is 11.7 Å². The Morgan fingerprint density at radius 2 is 1.90 bits per heavy atom. The minimum absolute atomic E-state index is 0.203. The lowest BCUT2D eigenvalue weighted by Crippen LogP contribution is -2.04. The van der Waals surface area contributed by atoms with Gasteiger partial charge in [0, 0.05) is 17.7 Å². The fourth-order valence-electron chi connectivity index (χ4n) is 2.74. The van der Waals surface area contributed by atoms with Gasteiger partial charge in [0.1, 0.15) is 6.10 Å². The molecule has 0 fully saturated rings. The maximum atomic E-state index is 11.9. The molecule has 3 heteroatoms. The van der Waals surface area contributed by atoms with Crippen LogP contribution in [0.25, 0.3) is 0 Å². The minimum Gasteiger partial charge on any atom is -0.454 e. The topological polar surface area (TPSA) is 52.3 Å². The molecule has 2 aromatic carbocycles. The van der Waals surface area contributed by atoms with Crippen LogP contribution >= 0.6 is 0 Å². The number of anilines is 1. The third-order valence-corrected chi connectivity index (χ3v) is 3.80. The first-order chi connectivity index (χ1) is 9.69. The summed E-state index contributed by atoms with van der Waals surface area (Å²) < 4.78 is 5.50. The number of hydrogen-bond donors (Lipinski definition) is 1. The van der Waals surface area contributed by atoms with Crippen LogP contribution in [0.3, 0.4) is 0 Å². The first kappa shape index (κ1) is 12.7. The summed E-state index contributed by atoms with van der Waals surface area (Å²) in [6.45, 7) is 2.13. The Morgan fingerprint density at radius 1 is 1.15 bits per heavy atom. The Balaban J connectivity index is 1.93. The van der Waals surface area contributed by atoms with Crippen LogP contribution in [0.5, 0.6) is 0 Å². The Hall–Kier alpha value is -2.29. The molecule has 1 aliphatic rings. The zero-order chi connectivity index (χ0) is 14.1. The molecule has 3 rings (SSSR count). The molecule has 2 aromatic rings. The van der Waals surface area contributed by atoms with Crippen molar-refractivity contribution in [2.75, 3.05) is 5.73 Å². The zero-order valence-corrected chi connectivity index (χ0v) is 11.4. The van der Waals surface area contributed by atoms with Crippen LogP contribution < -0.4 is 5.73 Å². The van der Waals surface area contributed by atoms with Gasteiger partial charge in [0.25, 0.3) is 0 Å². The maximum Gasteiger partial charge on any atom is 0.339 e. The molecule has 0 radical (unpaired) electrons. The molecule has 0 bridgehead atoms. The Morgan fingerprint density at radius 3 is 2.65 bits per heavy atom. The molecule has 1 atom stereocenters. The van der Waals surface area contributed by atoms with E-state index in [4.69, 9.17) is 10.5 Å². The van der Waals surface area contributed by atoms with Gasteiger partial charge in [-0.15, -0.1) is 0 Å². The lowest BCUT2D eigenvalue weighted by Gasteiger charge is -2.13. The van der Waals surface area contributed by atoms with E-state index in [1.807, 2.05) is 24.3 Å². The van der Waals surface area contributed by atoms with Crippen LogP contribution in [0.2, 0.25) is 0 Å². The molecule has 0 aromatic heterocycles. The van der Waals surface area contributed by atoms with Gasteiger partial charge in [-0.1, -0.05) is 37.3 Å². The number of rotatable bonds is 3. The van der Waals surface area contributed by atoms with E-state index in [0.29, 0.717) is 17.7 Å². The second-order valence-electron chi connectivity index (χ2n) is 5.07. The molecule has 0 amide bonds. The van der Waals surface area contributed by atoms with Crippen molar-refractivity contribution < 1.29 is 9.53 Å². The predicted molar refractivity (Wildman–Crippen MR) is 78.5 cm³/mol. The molecule has 3 nitrogen and oxygen atoms in total. The summed E-state index contributed by atoms with van der Waals surface area (Å²) in [7, 11) is 0. The van der Waals surface area contributed by atoms with E-state index in [1.165, 1.54) is 11.1 Å².